The van der Waals surface area contributed by atoms with Crippen LogP contribution in [0.15, 0.2) is 0 Å². The Morgan fingerprint density at radius 3 is 2.65 bits per heavy atom. The Hall–Kier alpha value is -0.610. The second-order valence-corrected chi connectivity index (χ2v) is 5.14. The van der Waals surface area contributed by atoms with Crippen LogP contribution in [0.25, 0.3) is 0 Å². The van der Waals surface area contributed by atoms with E-state index in [9.17, 15) is 4.79 Å². The lowest BCUT2D eigenvalue weighted by molar-refractivity contribution is -0.296. The molecule has 0 amide bonds. The van der Waals surface area contributed by atoms with Crippen LogP contribution in [-0.2, 0) is 19.0 Å². The van der Waals surface area contributed by atoms with Gasteiger partial charge in [0.15, 0.2) is 5.79 Å². The van der Waals surface area contributed by atoms with Crippen LogP contribution in [-0.4, -0.2) is 30.6 Å². The van der Waals surface area contributed by atoms with Crippen LogP contribution >= 0.6 is 0 Å². The Kier molecular flexibility index (Phi) is 5.40. The number of hydrogen-bond donors (Lipinski definition) is 0. The van der Waals surface area contributed by atoms with E-state index in [1.165, 1.54) is 6.92 Å². The topological polar surface area (TPSA) is 44.8 Å². The Balaban J connectivity index is 2.16. The normalized spacial score (nSPS) is 27.8. The molecular formula is C13H24O4. The van der Waals surface area contributed by atoms with E-state index >= 15 is 0 Å². The number of rotatable bonds is 5. The Morgan fingerprint density at radius 2 is 2.06 bits per heavy atom. The number of carbonyl (C=O) groups excluding carboxylic acids is 1. The smallest absolute Gasteiger partial charge is 0.302 e. The SMILES string of the molecule is CC(=O)OCCCC[C@@H]1C[C@H](C)OC(C)(C)O1. The first-order chi connectivity index (χ1) is 7.89. The van der Waals surface area contributed by atoms with Crippen LogP contribution < -0.4 is 0 Å². The monoisotopic (exact) mass is 244 g/mol. The summed E-state index contributed by atoms with van der Waals surface area (Å²) in [5.74, 6) is -0.680. The summed E-state index contributed by atoms with van der Waals surface area (Å²) >= 11 is 0. The highest BCUT2D eigenvalue weighted by molar-refractivity contribution is 5.65. The maximum atomic E-state index is 10.6. The maximum Gasteiger partial charge on any atom is 0.302 e. The van der Waals surface area contributed by atoms with Crippen molar-refractivity contribution in [1.82, 2.24) is 0 Å². The summed E-state index contributed by atoms with van der Waals surface area (Å²) in [5.41, 5.74) is 0. The molecule has 1 fully saturated rings. The molecule has 0 spiro atoms. The quantitative estimate of drug-likeness (QED) is 0.551. The molecule has 4 nitrogen and oxygen atoms in total. The predicted octanol–water partition coefficient (Wildman–Crippen LogP) is 2.65. The number of hydrogen-bond acceptors (Lipinski definition) is 4. The van der Waals surface area contributed by atoms with Crippen LogP contribution in [0, 0.1) is 0 Å². The first-order valence-corrected chi connectivity index (χ1v) is 6.38. The molecule has 100 valence electrons. The average molecular weight is 244 g/mol. The lowest BCUT2D eigenvalue weighted by Crippen LogP contribution is -2.43. The van der Waals surface area contributed by atoms with Gasteiger partial charge >= 0.3 is 5.97 Å². The van der Waals surface area contributed by atoms with Crippen molar-refractivity contribution in [2.75, 3.05) is 6.61 Å². The molecule has 0 radical (unpaired) electrons. The molecule has 1 heterocycles. The van der Waals surface area contributed by atoms with Gasteiger partial charge in [0.05, 0.1) is 18.8 Å². The fourth-order valence-corrected chi connectivity index (χ4v) is 2.25. The molecule has 0 aromatic rings. The fourth-order valence-electron chi connectivity index (χ4n) is 2.25. The van der Waals surface area contributed by atoms with Crippen LogP contribution in [0.4, 0.5) is 0 Å². The number of carbonyl (C=O) groups is 1. The lowest BCUT2D eigenvalue weighted by Gasteiger charge is -2.39. The predicted molar refractivity (Wildman–Crippen MR) is 64.6 cm³/mol. The standard InChI is InChI=1S/C13H24O4/c1-10-9-12(17-13(3,4)16-10)7-5-6-8-15-11(2)14/h10,12H,5-9H2,1-4H3/t10-,12+/m0/s1. The van der Waals surface area contributed by atoms with Gasteiger partial charge in [0.25, 0.3) is 0 Å². The maximum absolute atomic E-state index is 10.6. The van der Waals surface area contributed by atoms with Crippen molar-refractivity contribution in [3.8, 4) is 0 Å². The second-order valence-electron chi connectivity index (χ2n) is 5.14. The van der Waals surface area contributed by atoms with Crippen molar-refractivity contribution >= 4 is 5.97 Å². The zero-order valence-electron chi connectivity index (χ0n) is 11.3. The lowest BCUT2D eigenvalue weighted by atomic mass is 10.0. The number of ether oxygens (including phenoxy) is 3. The summed E-state index contributed by atoms with van der Waals surface area (Å²) in [7, 11) is 0. The molecule has 0 aliphatic carbocycles. The van der Waals surface area contributed by atoms with Gasteiger partial charge in [0.1, 0.15) is 0 Å². The highest BCUT2D eigenvalue weighted by atomic mass is 16.7. The fraction of sp³-hybridized carbons (Fsp3) is 0.923. The summed E-state index contributed by atoms with van der Waals surface area (Å²) in [6.45, 7) is 7.93. The molecule has 4 heteroatoms. The molecule has 1 aliphatic rings. The minimum Gasteiger partial charge on any atom is -0.466 e. The molecular weight excluding hydrogens is 220 g/mol. The van der Waals surface area contributed by atoms with E-state index in [1.807, 2.05) is 13.8 Å². The molecule has 0 bridgehead atoms. The molecule has 0 saturated carbocycles. The Morgan fingerprint density at radius 1 is 1.35 bits per heavy atom. The third-order valence-electron chi connectivity index (χ3n) is 2.76. The van der Waals surface area contributed by atoms with Crippen molar-refractivity contribution in [3.05, 3.63) is 0 Å². The molecule has 1 aliphatic heterocycles. The summed E-state index contributed by atoms with van der Waals surface area (Å²) < 4.78 is 16.4. The Labute approximate surface area is 104 Å². The summed E-state index contributed by atoms with van der Waals surface area (Å²) in [6, 6.07) is 0. The molecule has 1 saturated heterocycles. The average Bonchev–Trinajstić information content (AvgIpc) is 2.13. The second kappa shape index (κ2) is 6.36. The number of esters is 1. The minimum atomic E-state index is -0.474. The van der Waals surface area contributed by atoms with Crippen LogP contribution in [0.1, 0.15) is 53.4 Å². The van der Waals surface area contributed by atoms with E-state index in [-0.39, 0.29) is 18.2 Å². The highest BCUT2D eigenvalue weighted by Crippen LogP contribution is 2.28. The van der Waals surface area contributed by atoms with Crippen molar-refractivity contribution in [3.63, 3.8) is 0 Å². The van der Waals surface area contributed by atoms with Crippen LogP contribution in [0.5, 0.6) is 0 Å². The molecule has 2 atom stereocenters. The largest absolute Gasteiger partial charge is 0.466 e. The molecule has 17 heavy (non-hydrogen) atoms. The van der Waals surface area contributed by atoms with Gasteiger partial charge in [0, 0.05) is 6.92 Å². The molecule has 0 aromatic heterocycles. The van der Waals surface area contributed by atoms with E-state index in [2.05, 4.69) is 6.92 Å². The van der Waals surface area contributed by atoms with E-state index in [0.717, 1.165) is 25.7 Å². The van der Waals surface area contributed by atoms with Gasteiger partial charge < -0.3 is 14.2 Å². The van der Waals surface area contributed by atoms with Gasteiger partial charge in [-0.3, -0.25) is 4.79 Å². The van der Waals surface area contributed by atoms with E-state index in [4.69, 9.17) is 14.2 Å². The van der Waals surface area contributed by atoms with Crippen molar-refractivity contribution in [2.24, 2.45) is 0 Å². The third-order valence-corrected chi connectivity index (χ3v) is 2.76. The molecule has 1 rings (SSSR count). The summed E-state index contributed by atoms with van der Waals surface area (Å²) in [4.78, 5) is 10.6. The van der Waals surface area contributed by atoms with Gasteiger partial charge in [0.2, 0.25) is 0 Å². The van der Waals surface area contributed by atoms with E-state index < -0.39 is 5.79 Å². The van der Waals surface area contributed by atoms with Gasteiger partial charge in [-0.15, -0.1) is 0 Å². The van der Waals surface area contributed by atoms with Crippen molar-refractivity contribution < 1.29 is 19.0 Å². The van der Waals surface area contributed by atoms with Crippen molar-refractivity contribution in [1.29, 1.82) is 0 Å². The minimum absolute atomic E-state index is 0.206. The van der Waals surface area contributed by atoms with Gasteiger partial charge in [-0.1, -0.05) is 0 Å². The zero-order chi connectivity index (χ0) is 12.9. The Bertz CT molecular complexity index is 250. The van der Waals surface area contributed by atoms with Crippen molar-refractivity contribution in [2.45, 2.75) is 71.4 Å². The van der Waals surface area contributed by atoms with Gasteiger partial charge in [-0.25, -0.2) is 0 Å². The first-order valence-electron chi connectivity index (χ1n) is 6.38. The first kappa shape index (κ1) is 14.5. The molecule has 0 aromatic carbocycles. The highest BCUT2D eigenvalue weighted by Gasteiger charge is 2.32. The zero-order valence-corrected chi connectivity index (χ0v) is 11.3. The van der Waals surface area contributed by atoms with E-state index in [0.29, 0.717) is 6.61 Å². The third kappa shape index (κ3) is 6.03. The van der Waals surface area contributed by atoms with E-state index in [1.54, 1.807) is 0 Å². The molecule has 0 unspecified atom stereocenters. The van der Waals surface area contributed by atoms with Crippen LogP contribution in [0.2, 0.25) is 0 Å². The molecule has 0 N–H and O–H groups in total. The van der Waals surface area contributed by atoms with Gasteiger partial charge in [-0.05, 0) is 46.5 Å². The summed E-state index contributed by atoms with van der Waals surface area (Å²) in [5, 5.41) is 0. The van der Waals surface area contributed by atoms with Gasteiger partial charge in [-0.2, -0.15) is 0 Å². The number of unbranched alkanes of at least 4 members (excludes halogenated alkanes) is 1. The summed E-state index contributed by atoms with van der Waals surface area (Å²) in [6.07, 6.45) is 4.36. The van der Waals surface area contributed by atoms with Crippen LogP contribution in [0.3, 0.4) is 0 Å².